The maximum Gasteiger partial charge on any atom is 0.421 e. The fourth-order valence-electron chi connectivity index (χ4n) is 0.960. The van der Waals surface area contributed by atoms with E-state index in [-0.39, 0.29) is 10.6 Å². The third kappa shape index (κ3) is 3.42. The largest absolute Gasteiger partial charge is 0.431 e. The van der Waals surface area contributed by atoms with Crippen LogP contribution in [-0.4, -0.2) is 32.5 Å². The van der Waals surface area contributed by atoms with E-state index in [0.29, 0.717) is 0 Å². The average molecular weight is 252 g/mol. The Morgan fingerprint density at radius 2 is 1.81 bits per heavy atom. The quantitative estimate of drug-likeness (QED) is 0.870. The molecule has 0 aliphatic rings. The summed E-state index contributed by atoms with van der Waals surface area (Å²) >= 11 is 0. The number of halogens is 2. The van der Waals surface area contributed by atoms with Gasteiger partial charge < -0.3 is 9.84 Å². The number of aliphatic hydroxyl groups is 1. The highest BCUT2D eigenvalue weighted by Crippen LogP contribution is 2.22. The Balaban J connectivity index is 2.89. The molecule has 0 saturated carbocycles. The molecule has 0 unspecified atom stereocenters. The molecule has 0 atom stereocenters. The molecule has 1 aromatic rings. The standard InChI is InChI=1S/C9H10F2O4S/c1-16(13,14)8-4-2-7(3-5-8)15-9(10,11)6-12/h2-5,12H,6H2,1H3. The van der Waals surface area contributed by atoms with Gasteiger partial charge in [0.2, 0.25) is 0 Å². The summed E-state index contributed by atoms with van der Waals surface area (Å²) in [7, 11) is -3.36. The van der Waals surface area contributed by atoms with Crippen LogP contribution in [0, 0.1) is 0 Å². The van der Waals surface area contributed by atoms with Crippen LogP contribution >= 0.6 is 0 Å². The van der Waals surface area contributed by atoms with Gasteiger partial charge in [-0.1, -0.05) is 0 Å². The molecule has 0 amide bonds. The molecular formula is C9H10F2O4S. The van der Waals surface area contributed by atoms with Gasteiger partial charge in [0.05, 0.1) is 4.90 Å². The van der Waals surface area contributed by atoms with E-state index in [1.165, 1.54) is 0 Å². The highest BCUT2D eigenvalue weighted by Gasteiger charge is 2.30. The van der Waals surface area contributed by atoms with Gasteiger partial charge in [0, 0.05) is 6.26 Å². The lowest BCUT2D eigenvalue weighted by Gasteiger charge is -2.15. The van der Waals surface area contributed by atoms with Crippen molar-refractivity contribution < 1.29 is 27.0 Å². The van der Waals surface area contributed by atoms with Gasteiger partial charge in [-0.3, -0.25) is 0 Å². The zero-order chi connectivity index (χ0) is 12.4. The Hall–Kier alpha value is -1.21. The summed E-state index contributed by atoms with van der Waals surface area (Å²) in [6.45, 7) is -1.44. The first-order valence-electron chi connectivity index (χ1n) is 4.22. The first-order valence-corrected chi connectivity index (χ1v) is 6.11. The Bertz CT molecular complexity index is 453. The van der Waals surface area contributed by atoms with Gasteiger partial charge in [0.25, 0.3) is 0 Å². The molecule has 1 rings (SSSR count). The molecule has 0 heterocycles. The molecule has 0 aromatic heterocycles. The number of sulfone groups is 1. The third-order valence-corrected chi connectivity index (χ3v) is 2.83. The highest BCUT2D eigenvalue weighted by molar-refractivity contribution is 7.90. The molecule has 0 radical (unpaired) electrons. The molecule has 0 aliphatic carbocycles. The van der Waals surface area contributed by atoms with Crippen molar-refractivity contribution in [2.75, 3.05) is 12.9 Å². The molecule has 7 heteroatoms. The second-order valence-corrected chi connectivity index (χ2v) is 5.16. The average Bonchev–Trinajstić information content (AvgIpc) is 2.16. The lowest BCUT2D eigenvalue weighted by molar-refractivity contribution is -0.200. The van der Waals surface area contributed by atoms with Crippen LogP contribution in [0.25, 0.3) is 0 Å². The molecule has 16 heavy (non-hydrogen) atoms. The number of benzene rings is 1. The normalized spacial score (nSPS) is 12.5. The fraction of sp³-hybridized carbons (Fsp3) is 0.333. The van der Waals surface area contributed by atoms with Crippen LogP contribution in [0.1, 0.15) is 0 Å². The fourth-order valence-corrected chi connectivity index (χ4v) is 1.59. The van der Waals surface area contributed by atoms with E-state index in [0.717, 1.165) is 30.5 Å². The first-order chi connectivity index (χ1) is 7.24. The lowest BCUT2D eigenvalue weighted by Crippen LogP contribution is -2.29. The molecule has 1 aromatic carbocycles. The van der Waals surface area contributed by atoms with E-state index in [9.17, 15) is 17.2 Å². The monoisotopic (exact) mass is 252 g/mol. The minimum absolute atomic E-state index is 0.00663. The lowest BCUT2D eigenvalue weighted by atomic mass is 10.3. The zero-order valence-corrected chi connectivity index (χ0v) is 9.17. The Morgan fingerprint density at radius 1 is 1.31 bits per heavy atom. The maximum absolute atomic E-state index is 12.6. The van der Waals surface area contributed by atoms with E-state index in [4.69, 9.17) is 5.11 Å². The minimum Gasteiger partial charge on any atom is -0.431 e. The van der Waals surface area contributed by atoms with Crippen LogP contribution in [-0.2, 0) is 9.84 Å². The van der Waals surface area contributed by atoms with E-state index in [2.05, 4.69) is 4.74 Å². The Morgan fingerprint density at radius 3 is 2.19 bits per heavy atom. The summed E-state index contributed by atoms with van der Waals surface area (Å²) in [6.07, 6.45) is -2.67. The molecule has 1 N–H and O–H groups in total. The van der Waals surface area contributed by atoms with E-state index in [1.54, 1.807) is 0 Å². The highest BCUT2D eigenvalue weighted by atomic mass is 32.2. The molecule has 0 spiro atoms. The number of hydrogen-bond donors (Lipinski definition) is 1. The molecule has 4 nitrogen and oxygen atoms in total. The Labute approximate surface area is 91.4 Å². The number of alkyl halides is 2. The van der Waals surface area contributed by atoms with E-state index < -0.39 is 22.6 Å². The van der Waals surface area contributed by atoms with Crippen LogP contribution in [0.2, 0.25) is 0 Å². The summed E-state index contributed by atoms with van der Waals surface area (Å²) < 4.78 is 51.4. The van der Waals surface area contributed by atoms with Crippen molar-refractivity contribution in [3.63, 3.8) is 0 Å². The number of ether oxygens (including phenoxy) is 1. The molecular weight excluding hydrogens is 242 g/mol. The third-order valence-electron chi connectivity index (χ3n) is 1.70. The maximum atomic E-state index is 12.6. The topological polar surface area (TPSA) is 63.6 Å². The van der Waals surface area contributed by atoms with Crippen molar-refractivity contribution >= 4 is 9.84 Å². The van der Waals surface area contributed by atoms with Gasteiger partial charge in [-0.2, -0.15) is 8.78 Å². The van der Waals surface area contributed by atoms with Gasteiger partial charge >= 0.3 is 6.11 Å². The SMILES string of the molecule is CS(=O)(=O)c1ccc(OC(F)(F)CO)cc1. The van der Waals surface area contributed by atoms with E-state index in [1.807, 2.05) is 0 Å². The predicted octanol–water partition coefficient (Wildman–Crippen LogP) is 1.05. The van der Waals surface area contributed by atoms with Gasteiger partial charge in [0.15, 0.2) is 9.84 Å². The Kier molecular flexibility index (Phi) is 3.49. The van der Waals surface area contributed by atoms with Crippen molar-refractivity contribution in [3.8, 4) is 5.75 Å². The summed E-state index contributed by atoms with van der Waals surface area (Å²) in [5, 5.41) is 8.27. The minimum atomic E-state index is -3.67. The first kappa shape index (κ1) is 12.9. The van der Waals surface area contributed by atoms with Crippen LogP contribution in [0.5, 0.6) is 5.75 Å². The molecule has 0 aliphatic heterocycles. The zero-order valence-electron chi connectivity index (χ0n) is 8.35. The summed E-state index contributed by atoms with van der Waals surface area (Å²) in [6, 6.07) is 4.50. The van der Waals surface area contributed by atoms with Crippen molar-refractivity contribution in [2.45, 2.75) is 11.0 Å². The summed E-state index contributed by atoms with van der Waals surface area (Å²) in [5.74, 6) is -0.216. The molecule has 0 saturated heterocycles. The van der Waals surface area contributed by atoms with Crippen molar-refractivity contribution in [1.29, 1.82) is 0 Å². The van der Waals surface area contributed by atoms with Crippen molar-refractivity contribution in [3.05, 3.63) is 24.3 Å². The van der Waals surface area contributed by atoms with Crippen LogP contribution in [0.3, 0.4) is 0 Å². The summed E-state index contributed by atoms with van der Waals surface area (Å²) in [5.41, 5.74) is 0. The number of rotatable bonds is 4. The van der Waals surface area contributed by atoms with Gasteiger partial charge in [-0.25, -0.2) is 8.42 Å². The van der Waals surface area contributed by atoms with Crippen molar-refractivity contribution in [2.24, 2.45) is 0 Å². The van der Waals surface area contributed by atoms with Crippen molar-refractivity contribution in [1.82, 2.24) is 0 Å². The predicted molar refractivity (Wildman–Crippen MR) is 52.2 cm³/mol. The van der Waals surface area contributed by atoms with Crippen LogP contribution in [0.15, 0.2) is 29.2 Å². The number of aliphatic hydroxyl groups excluding tert-OH is 1. The van der Waals surface area contributed by atoms with E-state index >= 15 is 0 Å². The summed E-state index contributed by atoms with van der Waals surface area (Å²) in [4.78, 5) is 0.00663. The van der Waals surface area contributed by atoms with Crippen LogP contribution < -0.4 is 4.74 Å². The molecule has 90 valence electrons. The van der Waals surface area contributed by atoms with Crippen LogP contribution in [0.4, 0.5) is 8.78 Å². The molecule has 0 bridgehead atoms. The second-order valence-electron chi connectivity index (χ2n) is 3.14. The van der Waals surface area contributed by atoms with Gasteiger partial charge in [0.1, 0.15) is 12.4 Å². The van der Waals surface area contributed by atoms with Gasteiger partial charge in [-0.05, 0) is 24.3 Å². The number of hydrogen-bond acceptors (Lipinski definition) is 4. The smallest absolute Gasteiger partial charge is 0.421 e. The second kappa shape index (κ2) is 4.34. The molecule has 0 fully saturated rings. The van der Waals surface area contributed by atoms with Gasteiger partial charge in [-0.15, -0.1) is 0 Å².